The number of benzene rings is 1. The minimum absolute atomic E-state index is 0.0966. The second kappa shape index (κ2) is 5.16. The van der Waals surface area contributed by atoms with Crippen LogP contribution in [0.5, 0.6) is 0 Å². The van der Waals surface area contributed by atoms with Crippen molar-refractivity contribution in [3.8, 4) is 0 Å². The molecule has 0 saturated heterocycles. The Bertz CT molecular complexity index is 649. The lowest BCUT2D eigenvalue weighted by Crippen LogP contribution is -2.13. The summed E-state index contributed by atoms with van der Waals surface area (Å²) in [5.41, 5.74) is -0.102. The zero-order valence-electron chi connectivity index (χ0n) is 11.3. The Balaban J connectivity index is 2.22. The zero-order chi connectivity index (χ0) is 14.9. The van der Waals surface area contributed by atoms with Crippen LogP contribution in [0.2, 0.25) is 0 Å². The molecule has 0 spiro atoms. The quantitative estimate of drug-likeness (QED) is 0.907. The number of rotatable bonds is 3. The van der Waals surface area contributed by atoms with Gasteiger partial charge in [0, 0.05) is 16.9 Å². The molecule has 0 atom stereocenters. The molecule has 0 unspecified atom stereocenters. The van der Waals surface area contributed by atoms with Crippen molar-refractivity contribution in [2.75, 3.05) is 5.32 Å². The molecule has 0 saturated carbocycles. The van der Waals surface area contributed by atoms with Gasteiger partial charge in [-0.3, -0.25) is 0 Å². The van der Waals surface area contributed by atoms with Gasteiger partial charge in [-0.15, -0.1) is 0 Å². The topological polar surface area (TPSA) is 75.1 Å². The van der Waals surface area contributed by atoms with Crippen molar-refractivity contribution in [3.63, 3.8) is 0 Å². The number of nitrogens with one attached hydrogen (secondary N) is 1. The highest BCUT2D eigenvalue weighted by atomic mass is 32.1. The van der Waals surface area contributed by atoms with Gasteiger partial charge in [0.1, 0.15) is 11.6 Å². The van der Waals surface area contributed by atoms with Gasteiger partial charge in [-0.05, 0) is 18.2 Å². The molecule has 2 aromatic rings. The van der Waals surface area contributed by atoms with Crippen molar-refractivity contribution in [2.45, 2.75) is 26.2 Å². The Morgan fingerprint density at radius 3 is 2.60 bits per heavy atom. The smallest absolute Gasteiger partial charge is 0.335 e. The highest BCUT2D eigenvalue weighted by Gasteiger charge is 2.20. The monoisotopic (exact) mass is 295 g/mol. The van der Waals surface area contributed by atoms with Crippen LogP contribution in [0.25, 0.3) is 0 Å². The summed E-state index contributed by atoms with van der Waals surface area (Å²) in [5, 5.41) is 12.1. The van der Waals surface area contributed by atoms with E-state index in [0.717, 1.165) is 17.6 Å². The number of halogens is 1. The predicted molar refractivity (Wildman–Crippen MR) is 75.3 cm³/mol. The van der Waals surface area contributed by atoms with Gasteiger partial charge < -0.3 is 10.4 Å². The fourth-order valence-electron chi connectivity index (χ4n) is 1.44. The predicted octanol–water partition coefficient (Wildman–Crippen LogP) is 3.42. The number of nitrogens with zero attached hydrogens (tertiary/aromatic N) is 2. The van der Waals surface area contributed by atoms with Crippen LogP contribution in [-0.2, 0) is 5.41 Å². The minimum Gasteiger partial charge on any atom is -0.478 e. The molecule has 1 aromatic heterocycles. The van der Waals surface area contributed by atoms with Gasteiger partial charge in [-0.2, -0.15) is 4.37 Å². The normalized spacial score (nSPS) is 11.4. The maximum absolute atomic E-state index is 13.8. The minimum atomic E-state index is -1.17. The van der Waals surface area contributed by atoms with E-state index in [0.29, 0.717) is 11.0 Å². The van der Waals surface area contributed by atoms with Gasteiger partial charge in [0.2, 0.25) is 5.13 Å². The first-order valence-corrected chi connectivity index (χ1v) is 6.69. The van der Waals surface area contributed by atoms with Crippen molar-refractivity contribution in [2.24, 2.45) is 0 Å². The number of aromatic carboxylic acids is 1. The summed E-state index contributed by atoms with van der Waals surface area (Å²) in [5.74, 6) is -1.13. The molecule has 2 N–H and O–H groups in total. The van der Waals surface area contributed by atoms with Crippen molar-refractivity contribution in [3.05, 3.63) is 35.4 Å². The summed E-state index contributed by atoms with van der Waals surface area (Å²) in [4.78, 5) is 15.0. The van der Waals surface area contributed by atoms with E-state index in [4.69, 9.17) is 5.11 Å². The van der Waals surface area contributed by atoms with Crippen LogP contribution in [-0.4, -0.2) is 20.4 Å². The van der Waals surface area contributed by atoms with Crippen molar-refractivity contribution in [1.29, 1.82) is 0 Å². The summed E-state index contributed by atoms with van der Waals surface area (Å²) in [6, 6.07) is 3.67. The first-order chi connectivity index (χ1) is 9.27. The Morgan fingerprint density at radius 1 is 1.40 bits per heavy atom. The summed E-state index contributed by atoms with van der Waals surface area (Å²) in [6.07, 6.45) is 0. The highest BCUT2D eigenvalue weighted by Crippen LogP contribution is 2.26. The molecule has 0 aliphatic carbocycles. The number of hydrogen-bond donors (Lipinski definition) is 2. The largest absolute Gasteiger partial charge is 0.478 e. The van der Waals surface area contributed by atoms with Crippen LogP contribution in [0.1, 0.15) is 37.0 Å². The van der Waals surface area contributed by atoms with Crippen LogP contribution < -0.4 is 5.32 Å². The van der Waals surface area contributed by atoms with Crippen molar-refractivity contribution in [1.82, 2.24) is 9.36 Å². The van der Waals surface area contributed by atoms with E-state index in [2.05, 4.69) is 14.7 Å². The Morgan fingerprint density at radius 2 is 2.10 bits per heavy atom. The summed E-state index contributed by atoms with van der Waals surface area (Å²) < 4.78 is 18.0. The summed E-state index contributed by atoms with van der Waals surface area (Å²) >= 11 is 1.14. The van der Waals surface area contributed by atoms with Gasteiger partial charge in [0.15, 0.2) is 0 Å². The van der Waals surface area contributed by atoms with Crippen LogP contribution in [0.15, 0.2) is 18.2 Å². The second-order valence-electron chi connectivity index (χ2n) is 5.30. The highest BCUT2D eigenvalue weighted by molar-refractivity contribution is 7.09. The number of anilines is 2. The molecule has 0 aliphatic heterocycles. The third kappa shape index (κ3) is 3.11. The van der Waals surface area contributed by atoms with E-state index < -0.39 is 11.8 Å². The Labute approximate surface area is 119 Å². The lowest BCUT2D eigenvalue weighted by Gasteiger charge is -2.12. The third-order valence-electron chi connectivity index (χ3n) is 2.55. The molecular weight excluding hydrogens is 281 g/mol. The lowest BCUT2D eigenvalue weighted by atomic mass is 9.96. The average molecular weight is 295 g/mol. The molecular formula is C13H14FN3O2S. The summed E-state index contributed by atoms with van der Waals surface area (Å²) in [7, 11) is 0. The first-order valence-electron chi connectivity index (χ1n) is 5.91. The SMILES string of the molecule is CC(C)(C)c1nsc(Nc2ccc(C(=O)O)cc2F)n1. The molecule has 1 heterocycles. The van der Waals surface area contributed by atoms with E-state index in [1.54, 1.807) is 0 Å². The molecule has 0 aliphatic rings. The maximum Gasteiger partial charge on any atom is 0.335 e. The molecule has 0 fully saturated rings. The van der Waals surface area contributed by atoms with Gasteiger partial charge in [0.25, 0.3) is 0 Å². The van der Waals surface area contributed by atoms with Crippen LogP contribution in [0.3, 0.4) is 0 Å². The van der Waals surface area contributed by atoms with E-state index >= 15 is 0 Å². The summed E-state index contributed by atoms with van der Waals surface area (Å²) in [6.45, 7) is 5.96. The van der Waals surface area contributed by atoms with E-state index in [1.807, 2.05) is 20.8 Å². The van der Waals surface area contributed by atoms with Crippen LogP contribution >= 0.6 is 11.5 Å². The maximum atomic E-state index is 13.8. The number of hydrogen-bond acceptors (Lipinski definition) is 5. The van der Waals surface area contributed by atoms with Crippen molar-refractivity contribution < 1.29 is 14.3 Å². The van der Waals surface area contributed by atoms with E-state index in [-0.39, 0.29) is 16.7 Å². The van der Waals surface area contributed by atoms with Gasteiger partial charge in [-0.25, -0.2) is 14.2 Å². The van der Waals surface area contributed by atoms with E-state index in [1.165, 1.54) is 12.1 Å². The molecule has 7 heteroatoms. The first kappa shape index (κ1) is 14.4. The Kier molecular flexibility index (Phi) is 3.71. The molecule has 1 aromatic carbocycles. The fraction of sp³-hybridized carbons (Fsp3) is 0.308. The molecule has 0 amide bonds. The fourth-order valence-corrected chi connectivity index (χ4v) is 2.21. The molecule has 106 valence electrons. The van der Waals surface area contributed by atoms with Gasteiger partial charge >= 0.3 is 5.97 Å². The molecule has 0 bridgehead atoms. The second-order valence-corrected chi connectivity index (χ2v) is 6.05. The number of carbonyl (C=O) groups is 1. The molecule has 0 radical (unpaired) electrons. The lowest BCUT2D eigenvalue weighted by molar-refractivity contribution is 0.0696. The standard InChI is InChI=1S/C13H14FN3O2S/c1-13(2,3)11-16-12(20-17-11)15-9-5-4-7(10(18)19)6-8(9)14/h4-6H,1-3H3,(H,18,19)(H,15,16,17). The average Bonchev–Trinajstić information content (AvgIpc) is 2.80. The number of carboxylic acids is 1. The van der Waals surface area contributed by atoms with Gasteiger partial charge in [-0.1, -0.05) is 20.8 Å². The zero-order valence-corrected chi connectivity index (χ0v) is 12.1. The van der Waals surface area contributed by atoms with Crippen LogP contribution in [0, 0.1) is 5.82 Å². The number of aromatic nitrogens is 2. The van der Waals surface area contributed by atoms with E-state index in [9.17, 15) is 9.18 Å². The van der Waals surface area contributed by atoms with Crippen LogP contribution in [0.4, 0.5) is 15.2 Å². The molecule has 5 nitrogen and oxygen atoms in total. The van der Waals surface area contributed by atoms with Gasteiger partial charge in [0.05, 0.1) is 11.3 Å². The number of carboxylic acid groups (broad SMARTS) is 1. The molecule has 2 rings (SSSR count). The molecule has 20 heavy (non-hydrogen) atoms. The van der Waals surface area contributed by atoms with Crippen molar-refractivity contribution >= 4 is 28.3 Å². The third-order valence-corrected chi connectivity index (χ3v) is 3.18. The Hall–Kier alpha value is -2.02.